The van der Waals surface area contributed by atoms with Crippen LogP contribution in [0.4, 0.5) is 0 Å². The first-order valence-electron chi connectivity index (χ1n) is 11.5. The highest BCUT2D eigenvalue weighted by Crippen LogP contribution is 2.41. The maximum atomic E-state index is 12.9. The van der Waals surface area contributed by atoms with Crippen molar-refractivity contribution >= 4 is 0 Å². The van der Waals surface area contributed by atoms with Crippen LogP contribution < -0.4 is 5.63 Å². The van der Waals surface area contributed by atoms with Gasteiger partial charge in [0.05, 0.1) is 5.56 Å². The smallest absolute Gasteiger partial charge is 0.343 e. The average Bonchev–Trinajstić information content (AvgIpc) is 2.70. The van der Waals surface area contributed by atoms with Gasteiger partial charge in [0.25, 0.3) is 0 Å². The first-order chi connectivity index (χ1) is 13.1. The summed E-state index contributed by atoms with van der Waals surface area (Å²) in [6, 6.07) is 1.78. The monoisotopic (exact) mass is 374 g/mol. The molecule has 0 spiro atoms. The molecule has 0 radical (unpaired) electrons. The zero-order valence-electron chi connectivity index (χ0n) is 17.3. The molecule has 1 aromatic rings. The average molecular weight is 375 g/mol. The van der Waals surface area contributed by atoms with E-state index in [4.69, 9.17) is 4.42 Å². The summed E-state index contributed by atoms with van der Waals surface area (Å²) in [7, 11) is 0. The topological polar surface area (TPSA) is 50.4 Å². The molecule has 2 unspecified atom stereocenters. The normalized spacial score (nSPS) is 21.9. The number of aromatic hydroxyl groups is 1. The Kier molecular flexibility index (Phi) is 7.43. The molecule has 1 N–H and O–H groups in total. The maximum Gasteiger partial charge on any atom is 0.343 e. The van der Waals surface area contributed by atoms with Gasteiger partial charge in [-0.05, 0) is 49.9 Å². The van der Waals surface area contributed by atoms with Gasteiger partial charge >= 0.3 is 5.63 Å². The summed E-state index contributed by atoms with van der Waals surface area (Å²) in [6.45, 7) is 4.29. The highest BCUT2D eigenvalue weighted by molar-refractivity contribution is 5.34. The van der Waals surface area contributed by atoms with Crippen molar-refractivity contribution in [2.24, 2.45) is 11.8 Å². The summed E-state index contributed by atoms with van der Waals surface area (Å²) >= 11 is 0. The summed E-state index contributed by atoms with van der Waals surface area (Å²) in [5.41, 5.74) is 0.255. The Hall–Kier alpha value is -1.25. The van der Waals surface area contributed by atoms with Crippen LogP contribution in [0.25, 0.3) is 0 Å². The van der Waals surface area contributed by atoms with E-state index >= 15 is 0 Å². The van der Waals surface area contributed by atoms with Crippen LogP contribution >= 0.6 is 0 Å². The molecular formula is C24H38O3. The molecule has 1 aromatic heterocycles. The minimum Gasteiger partial charge on any atom is -0.507 e. The SMILES string of the molecule is CCC(CC1CCCCC1)c1cc(O)c(C(CC)C2CCCCC2)c(=O)o1. The van der Waals surface area contributed by atoms with Crippen molar-refractivity contribution in [2.45, 2.75) is 109 Å². The van der Waals surface area contributed by atoms with E-state index in [1.165, 1.54) is 64.2 Å². The van der Waals surface area contributed by atoms with Crippen molar-refractivity contribution in [3.63, 3.8) is 0 Å². The Morgan fingerprint density at radius 3 is 2.19 bits per heavy atom. The van der Waals surface area contributed by atoms with E-state index in [0.717, 1.165) is 25.2 Å². The number of hydrogen-bond acceptors (Lipinski definition) is 3. The van der Waals surface area contributed by atoms with Crippen LogP contribution in [-0.2, 0) is 0 Å². The van der Waals surface area contributed by atoms with Crippen molar-refractivity contribution in [1.29, 1.82) is 0 Å². The molecule has 3 heteroatoms. The van der Waals surface area contributed by atoms with Crippen molar-refractivity contribution in [3.05, 3.63) is 27.8 Å². The molecule has 152 valence electrons. The third kappa shape index (κ3) is 4.97. The van der Waals surface area contributed by atoms with E-state index in [-0.39, 0.29) is 23.2 Å². The minimum atomic E-state index is -0.287. The van der Waals surface area contributed by atoms with E-state index < -0.39 is 0 Å². The molecule has 2 aliphatic carbocycles. The predicted octanol–water partition coefficient (Wildman–Crippen LogP) is 6.88. The molecule has 1 heterocycles. The van der Waals surface area contributed by atoms with E-state index in [9.17, 15) is 9.90 Å². The third-order valence-electron chi connectivity index (χ3n) is 7.25. The lowest BCUT2D eigenvalue weighted by Crippen LogP contribution is -2.22. The Balaban J connectivity index is 1.81. The summed E-state index contributed by atoms with van der Waals surface area (Å²) in [5.74, 6) is 2.51. The second-order valence-corrected chi connectivity index (χ2v) is 8.99. The van der Waals surface area contributed by atoms with E-state index in [2.05, 4.69) is 13.8 Å². The van der Waals surface area contributed by atoms with Crippen molar-refractivity contribution in [2.75, 3.05) is 0 Å². The largest absolute Gasteiger partial charge is 0.507 e. The molecule has 27 heavy (non-hydrogen) atoms. The molecular weight excluding hydrogens is 336 g/mol. The summed E-state index contributed by atoms with van der Waals surface area (Å²) < 4.78 is 5.84. The molecule has 0 aromatic carbocycles. The maximum absolute atomic E-state index is 12.9. The second-order valence-electron chi connectivity index (χ2n) is 8.99. The van der Waals surface area contributed by atoms with Gasteiger partial charge in [-0.3, -0.25) is 0 Å². The molecule has 0 bridgehead atoms. The highest BCUT2D eigenvalue weighted by Gasteiger charge is 2.30. The van der Waals surface area contributed by atoms with Gasteiger partial charge in [0.15, 0.2) is 0 Å². The molecule has 0 amide bonds. The highest BCUT2D eigenvalue weighted by atomic mass is 16.4. The second kappa shape index (κ2) is 9.80. The molecule has 0 aliphatic heterocycles. The fourth-order valence-electron chi connectivity index (χ4n) is 5.67. The standard InChI is InChI=1S/C24H38O3/c1-3-18(15-17-11-7-5-8-12-17)22-16-21(25)23(24(26)27-22)20(4-2)19-13-9-6-10-14-19/h16-20,25H,3-15H2,1-2H3. The molecule has 2 fully saturated rings. The van der Waals surface area contributed by atoms with Crippen LogP contribution in [0.3, 0.4) is 0 Å². The van der Waals surface area contributed by atoms with Crippen LogP contribution in [0.5, 0.6) is 5.75 Å². The van der Waals surface area contributed by atoms with Crippen LogP contribution in [0, 0.1) is 11.8 Å². The lowest BCUT2D eigenvalue weighted by atomic mass is 9.75. The predicted molar refractivity (Wildman–Crippen MR) is 110 cm³/mol. The molecule has 2 atom stereocenters. The third-order valence-corrected chi connectivity index (χ3v) is 7.25. The molecule has 2 saturated carbocycles. The zero-order valence-corrected chi connectivity index (χ0v) is 17.3. The van der Waals surface area contributed by atoms with Gasteiger partial charge in [0, 0.05) is 12.0 Å². The van der Waals surface area contributed by atoms with Gasteiger partial charge < -0.3 is 9.52 Å². The van der Waals surface area contributed by atoms with Gasteiger partial charge in [0.2, 0.25) is 0 Å². The van der Waals surface area contributed by atoms with E-state index in [1.54, 1.807) is 6.07 Å². The van der Waals surface area contributed by atoms with Crippen molar-refractivity contribution in [3.8, 4) is 5.75 Å². The molecule has 2 aliphatic rings. The molecule has 0 saturated heterocycles. The first-order valence-corrected chi connectivity index (χ1v) is 11.5. The van der Waals surface area contributed by atoms with Crippen molar-refractivity contribution in [1.82, 2.24) is 0 Å². The van der Waals surface area contributed by atoms with Crippen LogP contribution in [0.15, 0.2) is 15.3 Å². The lowest BCUT2D eigenvalue weighted by molar-refractivity contribution is 0.274. The van der Waals surface area contributed by atoms with Gasteiger partial charge in [-0.1, -0.05) is 65.2 Å². The van der Waals surface area contributed by atoms with Crippen LogP contribution in [0.1, 0.15) is 120 Å². The Labute approximate surface area is 164 Å². The van der Waals surface area contributed by atoms with Gasteiger partial charge in [-0.2, -0.15) is 0 Å². The number of rotatable bonds is 7. The fourth-order valence-corrected chi connectivity index (χ4v) is 5.67. The van der Waals surface area contributed by atoms with Crippen LogP contribution in [0.2, 0.25) is 0 Å². The first kappa shape index (κ1) is 20.5. The number of hydrogen-bond donors (Lipinski definition) is 1. The van der Waals surface area contributed by atoms with Gasteiger partial charge in [0.1, 0.15) is 11.5 Å². The molecule has 3 rings (SSSR count). The quantitative estimate of drug-likeness (QED) is 0.565. The van der Waals surface area contributed by atoms with Gasteiger partial charge in [-0.25, -0.2) is 4.79 Å². The summed E-state index contributed by atoms with van der Waals surface area (Å²) in [4.78, 5) is 12.9. The van der Waals surface area contributed by atoms with E-state index in [0.29, 0.717) is 17.2 Å². The minimum absolute atomic E-state index is 0.133. The Morgan fingerprint density at radius 1 is 1.00 bits per heavy atom. The zero-order chi connectivity index (χ0) is 19.2. The summed E-state index contributed by atoms with van der Waals surface area (Å²) in [6.07, 6.45) is 15.6. The molecule has 3 nitrogen and oxygen atoms in total. The van der Waals surface area contributed by atoms with Gasteiger partial charge in [-0.15, -0.1) is 0 Å². The fraction of sp³-hybridized carbons (Fsp3) is 0.792. The van der Waals surface area contributed by atoms with E-state index in [1.807, 2.05) is 0 Å². The lowest BCUT2D eigenvalue weighted by Gasteiger charge is -2.30. The Morgan fingerprint density at radius 2 is 1.63 bits per heavy atom. The van der Waals surface area contributed by atoms with Crippen molar-refractivity contribution < 1.29 is 9.52 Å². The summed E-state index contributed by atoms with van der Waals surface area (Å²) in [5, 5.41) is 10.8. The Bertz CT molecular complexity index is 636. The van der Waals surface area contributed by atoms with Crippen LogP contribution in [-0.4, -0.2) is 5.11 Å².